The van der Waals surface area contributed by atoms with Gasteiger partial charge >= 0.3 is 0 Å². The second kappa shape index (κ2) is 4.83. The topological polar surface area (TPSA) is 86.7 Å². The minimum absolute atomic E-state index is 0.0214. The zero-order valence-corrected chi connectivity index (χ0v) is 7.90. The average molecular weight is 197 g/mol. The first kappa shape index (κ1) is 10.8. The van der Waals surface area contributed by atoms with Gasteiger partial charge in [0.05, 0.1) is 0 Å². The lowest BCUT2D eigenvalue weighted by molar-refractivity contribution is 0.296. The van der Waals surface area contributed by atoms with Crippen LogP contribution in [0.25, 0.3) is 0 Å². The lowest BCUT2D eigenvalue weighted by atomic mass is 10.0. The van der Waals surface area contributed by atoms with Crippen molar-refractivity contribution >= 4 is 5.69 Å². The molecule has 0 aromatic heterocycles. The summed E-state index contributed by atoms with van der Waals surface area (Å²) in [6.07, 6.45) is 0.793. The van der Waals surface area contributed by atoms with Gasteiger partial charge in [0.15, 0.2) is 0 Å². The van der Waals surface area contributed by atoms with Gasteiger partial charge in [-0.1, -0.05) is 6.07 Å². The third-order valence-corrected chi connectivity index (χ3v) is 2.17. The van der Waals surface area contributed by atoms with Crippen LogP contribution in [-0.2, 0) is 12.8 Å². The van der Waals surface area contributed by atoms with Gasteiger partial charge in [-0.25, -0.2) is 0 Å². The number of anilines is 1. The first-order valence-corrected chi connectivity index (χ1v) is 4.51. The van der Waals surface area contributed by atoms with Gasteiger partial charge in [0, 0.05) is 30.9 Å². The van der Waals surface area contributed by atoms with E-state index in [4.69, 9.17) is 15.9 Å². The van der Waals surface area contributed by atoms with Crippen LogP contribution in [0.3, 0.4) is 0 Å². The summed E-state index contributed by atoms with van der Waals surface area (Å²) in [5, 5.41) is 27.0. The van der Waals surface area contributed by atoms with E-state index >= 15 is 0 Å². The largest absolute Gasteiger partial charge is 0.508 e. The predicted molar refractivity (Wildman–Crippen MR) is 54.1 cm³/mol. The number of aliphatic hydroxyl groups excluding tert-OH is 2. The highest BCUT2D eigenvalue weighted by molar-refractivity contribution is 5.59. The number of nitrogen functional groups attached to an aromatic ring is 1. The Morgan fingerprint density at radius 2 is 1.71 bits per heavy atom. The van der Waals surface area contributed by atoms with E-state index in [1.807, 2.05) is 0 Å². The summed E-state index contributed by atoms with van der Waals surface area (Å²) >= 11 is 0. The van der Waals surface area contributed by atoms with E-state index in [0.29, 0.717) is 24.1 Å². The Hall–Kier alpha value is -1.26. The van der Waals surface area contributed by atoms with Crippen molar-refractivity contribution in [1.82, 2.24) is 0 Å². The quantitative estimate of drug-likeness (QED) is 0.513. The Morgan fingerprint density at radius 1 is 1.07 bits per heavy atom. The Labute approximate surface area is 82.6 Å². The summed E-state index contributed by atoms with van der Waals surface area (Å²) in [5.74, 6) is 0.0956. The molecule has 1 aromatic carbocycles. The molecule has 5 N–H and O–H groups in total. The molecule has 14 heavy (non-hydrogen) atoms. The number of rotatable bonds is 4. The maximum atomic E-state index is 9.46. The number of hydrogen-bond donors (Lipinski definition) is 4. The summed E-state index contributed by atoms with van der Waals surface area (Å²) < 4.78 is 0. The molecule has 0 heterocycles. The van der Waals surface area contributed by atoms with Crippen molar-refractivity contribution in [3.05, 3.63) is 23.3 Å². The lowest BCUT2D eigenvalue weighted by Crippen LogP contribution is -2.04. The maximum absolute atomic E-state index is 9.46. The van der Waals surface area contributed by atoms with Crippen molar-refractivity contribution in [3.8, 4) is 5.75 Å². The van der Waals surface area contributed by atoms with Gasteiger partial charge in [0.25, 0.3) is 0 Å². The Balaban J connectivity index is 3.05. The first-order valence-electron chi connectivity index (χ1n) is 4.51. The van der Waals surface area contributed by atoms with E-state index in [0.717, 1.165) is 5.56 Å². The number of hydrogen-bond acceptors (Lipinski definition) is 4. The number of nitrogens with two attached hydrogens (primary N) is 1. The van der Waals surface area contributed by atoms with E-state index in [2.05, 4.69) is 0 Å². The molecule has 1 aromatic rings. The highest BCUT2D eigenvalue weighted by Crippen LogP contribution is 2.27. The van der Waals surface area contributed by atoms with Crippen LogP contribution in [0.15, 0.2) is 12.1 Å². The molecule has 0 aliphatic rings. The van der Waals surface area contributed by atoms with Crippen LogP contribution in [0.5, 0.6) is 5.75 Å². The first-order chi connectivity index (χ1) is 6.70. The second-order valence-electron chi connectivity index (χ2n) is 3.08. The van der Waals surface area contributed by atoms with Gasteiger partial charge in [-0.2, -0.15) is 0 Å². The molecule has 0 unspecified atom stereocenters. The summed E-state index contributed by atoms with van der Waals surface area (Å²) in [6.45, 7) is -0.0339. The van der Waals surface area contributed by atoms with E-state index in [-0.39, 0.29) is 19.0 Å². The van der Waals surface area contributed by atoms with Crippen LogP contribution < -0.4 is 5.73 Å². The number of aliphatic hydroxyl groups is 2. The molecule has 0 aliphatic heterocycles. The second-order valence-corrected chi connectivity index (χ2v) is 3.08. The van der Waals surface area contributed by atoms with Crippen LogP contribution in [0.4, 0.5) is 5.69 Å². The normalized spacial score (nSPS) is 10.4. The molecule has 0 saturated carbocycles. The molecule has 4 nitrogen and oxygen atoms in total. The van der Waals surface area contributed by atoms with Gasteiger partial charge in [-0.15, -0.1) is 0 Å². The average Bonchev–Trinajstić information content (AvgIpc) is 2.17. The zero-order chi connectivity index (χ0) is 10.6. The third-order valence-electron chi connectivity index (χ3n) is 2.17. The molecule has 0 bridgehead atoms. The molecule has 78 valence electrons. The van der Waals surface area contributed by atoms with Crippen molar-refractivity contribution in [3.63, 3.8) is 0 Å². The van der Waals surface area contributed by atoms with Crippen molar-refractivity contribution < 1.29 is 15.3 Å². The molecule has 1 rings (SSSR count). The minimum Gasteiger partial charge on any atom is -0.508 e. The van der Waals surface area contributed by atoms with E-state index < -0.39 is 0 Å². The Kier molecular flexibility index (Phi) is 3.73. The van der Waals surface area contributed by atoms with Gasteiger partial charge in [0.2, 0.25) is 0 Å². The number of phenolic OH excluding ortho intramolecular Hbond substituents is 1. The van der Waals surface area contributed by atoms with Crippen LogP contribution in [0.2, 0.25) is 0 Å². The number of phenols is 1. The van der Waals surface area contributed by atoms with Crippen molar-refractivity contribution in [2.75, 3.05) is 18.9 Å². The molecule has 0 saturated heterocycles. The Bertz CT molecular complexity index is 312. The molecule has 0 aliphatic carbocycles. The van der Waals surface area contributed by atoms with Gasteiger partial charge in [-0.3, -0.25) is 0 Å². The monoisotopic (exact) mass is 197 g/mol. The number of benzene rings is 1. The third kappa shape index (κ3) is 2.16. The molecule has 0 atom stereocenters. The fourth-order valence-corrected chi connectivity index (χ4v) is 1.41. The van der Waals surface area contributed by atoms with Crippen LogP contribution in [0, 0.1) is 0 Å². The summed E-state index contributed by atoms with van der Waals surface area (Å²) in [5.41, 5.74) is 7.59. The van der Waals surface area contributed by atoms with Crippen LogP contribution in [0.1, 0.15) is 11.1 Å². The van der Waals surface area contributed by atoms with Crippen molar-refractivity contribution in [1.29, 1.82) is 0 Å². The highest BCUT2D eigenvalue weighted by atomic mass is 16.3. The lowest BCUT2D eigenvalue weighted by Gasteiger charge is -2.11. The van der Waals surface area contributed by atoms with E-state index in [9.17, 15) is 5.11 Å². The van der Waals surface area contributed by atoms with Gasteiger partial charge in [0.1, 0.15) is 5.75 Å². The van der Waals surface area contributed by atoms with Crippen molar-refractivity contribution in [2.24, 2.45) is 0 Å². The van der Waals surface area contributed by atoms with E-state index in [1.54, 1.807) is 6.07 Å². The summed E-state index contributed by atoms with van der Waals surface area (Å²) in [6, 6.07) is 3.22. The standard InChI is InChI=1S/C10H15NO3/c11-10-7(3-5-12)1-2-9(14)8(10)4-6-13/h1-2,12-14H,3-6,11H2. The molecular formula is C10H15NO3. The molecule has 0 spiro atoms. The predicted octanol–water partition coefficient (Wildman–Crippen LogP) is 0.0440. The molecule has 0 amide bonds. The SMILES string of the molecule is Nc1c(CCO)ccc(O)c1CCO. The minimum atomic E-state index is -0.0552. The molecule has 0 radical (unpaired) electrons. The summed E-state index contributed by atoms with van der Waals surface area (Å²) in [7, 11) is 0. The molecular weight excluding hydrogens is 182 g/mol. The fourth-order valence-electron chi connectivity index (χ4n) is 1.41. The highest BCUT2D eigenvalue weighted by Gasteiger charge is 2.09. The summed E-state index contributed by atoms with van der Waals surface area (Å²) in [4.78, 5) is 0. The smallest absolute Gasteiger partial charge is 0.120 e. The van der Waals surface area contributed by atoms with Gasteiger partial charge in [-0.05, 0) is 18.1 Å². The van der Waals surface area contributed by atoms with Crippen molar-refractivity contribution in [2.45, 2.75) is 12.8 Å². The number of aromatic hydroxyl groups is 1. The molecule has 0 fully saturated rings. The zero-order valence-electron chi connectivity index (χ0n) is 7.90. The fraction of sp³-hybridized carbons (Fsp3) is 0.400. The molecule has 4 heteroatoms. The van der Waals surface area contributed by atoms with Gasteiger partial charge < -0.3 is 21.1 Å². The maximum Gasteiger partial charge on any atom is 0.120 e. The Morgan fingerprint density at radius 3 is 2.29 bits per heavy atom. The van der Waals surface area contributed by atoms with E-state index in [1.165, 1.54) is 6.07 Å². The van der Waals surface area contributed by atoms with Crippen LogP contribution in [-0.4, -0.2) is 28.5 Å². The van der Waals surface area contributed by atoms with Crippen LogP contribution >= 0.6 is 0 Å².